The molecule has 3 amide bonds. The lowest BCUT2D eigenvalue weighted by molar-refractivity contribution is -0.121. The molecule has 0 aromatic heterocycles. The van der Waals surface area contributed by atoms with E-state index in [1.807, 2.05) is 0 Å². The summed E-state index contributed by atoms with van der Waals surface area (Å²) in [6, 6.07) is 5.71. The molecule has 0 radical (unpaired) electrons. The van der Waals surface area contributed by atoms with Gasteiger partial charge in [0.2, 0.25) is 5.91 Å². The predicted molar refractivity (Wildman–Crippen MR) is 96.8 cm³/mol. The minimum Gasteiger partial charge on any atom is -0.327 e. The number of amides is 3. The normalized spacial score (nSPS) is 17.0. The number of hydrogen-bond donors (Lipinski definition) is 1. The van der Waals surface area contributed by atoms with Gasteiger partial charge in [-0.2, -0.15) is 4.36 Å². The fourth-order valence-electron chi connectivity index (χ4n) is 2.60. The van der Waals surface area contributed by atoms with Crippen molar-refractivity contribution in [2.45, 2.75) is 18.9 Å². The number of hydrogen-bond acceptors (Lipinski definition) is 4. The fourth-order valence-corrected chi connectivity index (χ4v) is 3.15. The van der Waals surface area contributed by atoms with E-state index in [-0.39, 0.29) is 11.8 Å². The van der Waals surface area contributed by atoms with E-state index in [0.29, 0.717) is 30.6 Å². The fraction of sp³-hybridized carbons (Fsp3) is 0.353. The number of benzene rings is 1. The standard InChI is InChI=1S/C17H21N3O4S/c1-4-15(21)18-13-9-7-12(8-10-13)17(23)20-11-5-6-14(20)16(22)19-25(2,3)24/h4,7-10,14H,1,5-6,11H2,2-3H3,(H,18,21)/t14-/m0/s1. The smallest absolute Gasteiger partial charge is 0.276 e. The third-order valence-electron chi connectivity index (χ3n) is 3.69. The number of anilines is 1. The van der Waals surface area contributed by atoms with E-state index >= 15 is 0 Å². The van der Waals surface area contributed by atoms with Gasteiger partial charge in [0.25, 0.3) is 11.8 Å². The van der Waals surface area contributed by atoms with E-state index in [1.54, 1.807) is 24.3 Å². The van der Waals surface area contributed by atoms with Crippen molar-refractivity contribution in [2.24, 2.45) is 4.36 Å². The summed E-state index contributed by atoms with van der Waals surface area (Å²) in [6.45, 7) is 3.82. The Labute approximate surface area is 147 Å². The van der Waals surface area contributed by atoms with Crippen molar-refractivity contribution in [2.75, 3.05) is 24.4 Å². The molecule has 0 spiro atoms. The highest BCUT2D eigenvalue weighted by molar-refractivity contribution is 7.92. The maximum absolute atomic E-state index is 12.7. The Morgan fingerprint density at radius 3 is 2.48 bits per heavy atom. The molecule has 1 aromatic carbocycles. The van der Waals surface area contributed by atoms with Crippen LogP contribution in [0.2, 0.25) is 0 Å². The summed E-state index contributed by atoms with van der Waals surface area (Å²) in [5.74, 6) is -1.14. The molecule has 1 atom stereocenters. The average Bonchev–Trinajstić information content (AvgIpc) is 3.03. The molecule has 7 nitrogen and oxygen atoms in total. The van der Waals surface area contributed by atoms with Gasteiger partial charge in [-0.05, 0) is 43.2 Å². The monoisotopic (exact) mass is 363 g/mol. The number of carbonyl (C=O) groups excluding carboxylic acids is 3. The number of nitrogens with zero attached hydrogens (tertiary/aromatic N) is 2. The van der Waals surface area contributed by atoms with E-state index in [9.17, 15) is 18.6 Å². The summed E-state index contributed by atoms with van der Waals surface area (Å²) in [5.41, 5.74) is 0.951. The molecule has 1 saturated heterocycles. The first-order valence-electron chi connectivity index (χ1n) is 7.76. The van der Waals surface area contributed by atoms with Gasteiger partial charge < -0.3 is 10.2 Å². The summed E-state index contributed by atoms with van der Waals surface area (Å²) in [5, 5.41) is 2.60. The van der Waals surface area contributed by atoms with Crippen LogP contribution in [-0.4, -0.2) is 51.9 Å². The van der Waals surface area contributed by atoms with Gasteiger partial charge in [0, 0.05) is 40.0 Å². The van der Waals surface area contributed by atoms with E-state index in [0.717, 1.165) is 6.08 Å². The summed E-state index contributed by atoms with van der Waals surface area (Å²) in [7, 11) is -2.56. The van der Waals surface area contributed by atoms with Crippen LogP contribution in [0.3, 0.4) is 0 Å². The summed E-state index contributed by atoms with van der Waals surface area (Å²) >= 11 is 0. The third kappa shape index (κ3) is 4.99. The van der Waals surface area contributed by atoms with Crippen LogP contribution in [0.1, 0.15) is 23.2 Å². The predicted octanol–water partition coefficient (Wildman–Crippen LogP) is 1.67. The number of carbonyl (C=O) groups is 3. The van der Waals surface area contributed by atoms with Crippen molar-refractivity contribution >= 4 is 33.1 Å². The molecule has 2 rings (SSSR count). The first-order valence-corrected chi connectivity index (χ1v) is 10.1. The average molecular weight is 363 g/mol. The Balaban J connectivity index is 2.16. The zero-order valence-corrected chi connectivity index (χ0v) is 15.0. The molecule has 0 aliphatic carbocycles. The first kappa shape index (κ1) is 18.9. The Hall–Kier alpha value is -2.48. The van der Waals surface area contributed by atoms with Crippen molar-refractivity contribution in [1.29, 1.82) is 0 Å². The molecule has 1 aromatic rings. The Morgan fingerprint density at radius 1 is 1.28 bits per heavy atom. The maximum Gasteiger partial charge on any atom is 0.276 e. The molecular formula is C17H21N3O4S. The first-order chi connectivity index (χ1) is 11.7. The Bertz CT molecular complexity index is 815. The second-order valence-corrected chi connectivity index (χ2v) is 8.58. The molecule has 0 saturated carbocycles. The van der Waals surface area contributed by atoms with Crippen LogP contribution in [0.15, 0.2) is 41.3 Å². The Kier molecular flexibility index (Phi) is 5.73. The van der Waals surface area contributed by atoms with Gasteiger partial charge in [-0.3, -0.25) is 14.4 Å². The van der Waals surface area contributed by atoms with Crippen LogP contribution in [-0.2, 0) is 19.3 Å². The van der Waals surface area contributed by atoms with Gasteiger partial charge in [-0.15, -0.1) is 0 Å². The van der Waals surface area contributed by atoms with Crippen molar-refractivity contribution in [3.8, 4) is 0 Å². The molecule has 1 heterocycles. The molecular weight excluding hydrogens is 342 g/mol. The van der Waals surface area contributed by atoms with Crippen molar-refractivity contribution < 1.29 is 18.6 Å². The van der Waals surface area contributed by atoms with Gasteiger partial charge in [0.05, 0.1) is 0 Å². The SMILES string of the molecule is C=CC(=O)Nc1ccc(C(=O)N2CCC[C@H]2C(=O)N=S(C)(C)=O)cc1. The molecule has 25 heavy (non-hydrogen) atoms. The maximum atomic E-state index is 12.7. The van der Waals surface area contributed by atoms with Crippen LogP contribution in [0, 0.1) is 0 Å². The lowest BCUT2D eigenvalue weighted by Gasteiger charge is -2.22. The quantitative estimate of drug-likeness (QED) is 0.823. The minimum atomic E-state index is -2.56. The lowest BCUT2D eigenvalue weighted by atomic mass is 10.1. The highest BCUT2D eigenvalue weighted by Gasteiger charge is 2.34. The number of rotatable bonds is 4. The van der Waals surface area contributed by atoms with Gasteiger partial charge in [0.1, 0.15) is 6.04 Å². The zero-order chi connectivity index (χ0) is 18.6. The molecule has 0 unspecified atom stereocenters. The van der Waals surface area contributed by atoms with Crippen LogP contribution >= 0.6 is 0 Å². The second-order valence-electron chi connectivity index (χ2n) is 6.04. The van der Waals surface area contributed by atoms with Crippen LogP contribution < -0.4 is 5.32 Å². The molecule has 1 N–H and O–H groups in total. The third-order valence-corrected chi connectivity index (χ3v) is 4.31. The van der Waals surface area contributed by atoms with E-state index in [4.69, 9.17) is 0 Å². The summed E-state index contributed by atoms with van der Waals surface area (Å²) in [4.78, 5) is 37.6. The van der Waals surface area contributed by atoms with Crippen molar-refractivity contribution in [3.63, 3.8) is 0 Å². The van der Waals surface area contributed by atoms with E-state index in [1.165, 1.54) is 17.4 Å². The van der Waals surface area contributed by atoms with Crippen LogP contribution in [0.5, 0.6) is 0 Å². The molecule has 1 fully saturated rings. The van der Waals surface area contributed by atoms with Gasteiger partial charge >= 0.3 is 0 Å². The zero-order valence-electron chi connectivity index (χ0n) is 14.2. The largest absolute Gasteiger partial charge is 0.327 e. The van der Waals surface area contributed by atoms with E-state index < -0.39 is 21.7 Å². The van der Waals surface area contributed by atoms with Gasteiger partial charge in [0.15, 0.2) is 0 Å². The van der Waals surface area contributed by atoms with E-state index in [2.05, 4.69) is 16.3 Å². The van der Waals surface area contributed by atoms with Crippen LogP contribution in [0.4, 0.5) is 5.69 Å². The Morgan fingerprint density at radius 2 is 1.92 bits per heavy atom. The molecule has 0 bridgehead atoms. The highest BCUT2D eigenvalue weighted by atomic mass is 32.2. The van der Waals surface area contributed by atoms with Crippen LogP contribution in [0.25, 0.3) is 0 Å². The lowest BCUT2D eigenvalue weighted by Crippen LogP contribution is -2.40. The highest BCUT2D eigenvalue weighted by Crippen LogP contribution is 2.22. The molecule has 134 valence electrons. The minimum absolute atomic E-state index is 0.286. The molecule has 1 aliphatic rings. The van der Waals surface area contributed by atoms with Crippen molar-refractivity contribution in [1.82, 2.24) is 4.90 Å². The van der Waals surface area contributed by atoms with Gasteiger partial charge in [-0.25, -0.2) is 4.21 Å². The van der Waals surface area contributed by atoms with Crippen molar-refractivity contribution in [3.05, 3.63) is 42.5 Å². The molecule has 1 aliphatic heterocycles. The number of nitrogens with one attached hydrogen (secondary N) is 1. The summed E-state index contributed by atoms with van der Waals surface area (Å²) < 4.78 is 15.4. The second kappa shape index (κ2) is 7.60. The number of likely N-dealkylation sites (tertiary alicyclic amines) is 1. The summed E-state index contributed by atoms with van der Waals surface area (Å²) in [6.07, 6.45) is 5.14. The van der Waals surface area contributed by atoms with Gasteiger partial charge in [-0.1, -0.05) is 6.58 Å². The topological polar surface area (TPSA) is 95.9 Å². The molecule has 8 heteroatoms.